The van der Waals surface area contributed by atoms with Crippen LogP contribution in [0.1, 0.15) is 18.9 Å². The molecule has 1 heterocycles. The van der Waals surface area contributed by atoms with Crippen LogP contribution in [0.15, 0.2) is 24.3 Å². The van der Waals surface area contributed by atoms with Crippen molar-refractivity contribution in [2.45, 2.75) is 19.8 Å². The second-order valence-electron chi connectivity index (χ2n) is 5.66. The Balaban J connectivity index is 0.00000264. The smallest absolute Gasteiger partial charge is 0.230 e. The van der Waals surface area contributed by atoms with Crippen LogP contribution in [-0.4, -0.2) is 31.3 Å². The molecule has 2 atom stereocenters. The van der Waals surface area contributed by atoms with Crippen molar-refractivity contribution in [3.8, 4) is 0 Å². The summed E-state index contributed by atoms with van der Waals surface area (Å²) in [5.41, 5.74) is 1.69. The number of rotatable bonds is 6. The third kappa shape index (κ3) is 5.33. The van der Waals surface area contributed by atoms with E-state index >= 15 is 0 Å². The number of amides is 3. The molecule has 1 fully saturated rings. The number of halogens is 1. The van der Waals surface area contributed by atoms with E-state index in [-0.39, 0.29) is 48.4 Å². The fourth-order valence-electron chi connectivity index (χ4n) is 2.44. The molecule has 0 radical (unpaired) electrons. The minimum Gasteiger partial charge on any atom is -0.326 e. The molecule has 2 unspecified atom stereocenters. The van der Waals surface area contributed by atoms with E-state index in [0.717, 1.165) is 11.3 Å². The molecule has 0 saturated carbocycles. The van der Waals surface area contributed by atoms with Crippen LogP contribution in [0.2, 0.25) is 0 Å². The molecule has 7 heteroatoms. The molecule has 3 N–H and O–H groups in total. The first-order valence-electron chi connectivity index (χ1n) is 7.37. The zero-order chi connectivity index (χ0) is 16.1. The van der Waals surface area contributed by atoms with E-state index in [0.29, 0.717) is 13.0 Å². The number of hydrogen-bond acceptors (Lipinski definition) is 4. The fourth-order valence-corrected chi connectivity index (χ4v) is 2.44. The van der Waals surface area contributed by atoms with E-state index in [1.54, 1.807) is 0 Å². The Kier molecular flexibility index (Phi) is 7.19. The van der Waals surface area contributed by atoms with Crippen molar-refractivity contribution in [2.24, 2.45) is 11.8 Å². The van der Waals surface area contributed by atoms with Gasteiger partial charge in [0, 0.05) is 24.6 Å². The zero-order valence-electron chi connectivity index (χ0n) is 13.2. The van der Waals surface area contributed by atoms with Crippen LogP contribution in [0, 0.1) is 11.8 Å². The average molecular weight is 340 g/mol. The van der Waals surface area contributed by atoms with E-state index in [1.165, 1.54) is 0 Å². The van der Waals surface area contributed by atoms with Crippen LogP contribution < -0.4 is 16.0 Å². The molecule has 126 valence electrons. The maximum atomic E-state index is 11.9. The summed E-state index contributed by atoms with van der Waals surface area (Å²) >= 11 is 0. The first-order valence-corrected chi connectivity index (χ1v) is 7.37. The quantitative estimate of drug-likeness (QED) is 0.677. The van der Waals surface area contributed by atoms with Gasteiger partial charge < -0.3 is 10.6 Å². The maximum Gasteiger partial charge on any atom is 0.230 e. The Hall–Kier alpha value is -1.92. The standard InChI is InChI=1S/C16H21N3O3.ClH/c1-10(9-17-2)15(21)18-13-5-3-11(4-6-13)7-12-8-14(20)19-16(12)22;/h3-6,10,12,17H,7-9H2,1-2H3,(H,18,21)(H,19,20,22);1H. The highest BCUT2D eigenvalue weighted by atomic mass is 35.5. The third-order valence-corrected chi connectivity index (χ3v) is 3.73. The number of carbonyl (C=O) groups excluding carboxylic acids is 3. The van der Waals surface area contributed by atoms with Crippen molar-refractivity contribution in [3.63, 3.8) is 0 Å². The van der Waals surface area contributed by atoms with E-state index < -0.39 is 0 Å². The Morgan fingerprint density at radius 3 is 2.48 bits per heavy atom. The zero-order valence-corrected chi connectivity index (χ0v) is 14.0. The highest BCUT2D eigenvalue weighted by Crippen LogP contribution is 2.19. The lowest BCUT2D eigenvalue weighted by molar-refractivity contribution is -0.126. The largest absolute Gasteiger partial charge is 0.326 e. The molecule has 1 aromatic rings. The molecule has 1 aliphatic heterocycles. The summed E-state index contributed by atoms with van der Waals surface area (Å²) in [6.07, 6.45) is 0.779. The molecule has 6 nitrogen and oxygen atoms in total. The molecule has 23 heavy (non-hydrogen) atoms. The monoisotopic (exact) mass is 339 g/mol. The van der Waals surface area contributed by atoms with Crippen LogP contribution in [0.3, 0.4) is 0 Å². The van der Waals surface area contributed by atoms with Gasteiger partial charge in [0.1, 0.15) is 0 Å². The normalized spacial score (nSPS) is 18.1. The number of benzene rings is 1. The second-order valence-corrected chi connectivity index (χ2v) is 5.66. The highest BCUT2D eigenvalue weighted by molar-refractivity contribution is 6.03. The van der Waals surface area contributed by atoms with E-state index in [9.17, 15) is 14.4 Å². The van der Waals surface area contributed by atoms with Gasteiger partial charge in [-0.1, -0.05) is 19.1 Å². The Morgan fingerprint density at radius 1 is 1.30 bits per heavy atom. The predicted molar refractivity (Wildman–Crippen MR) is 90.4 cm³/mol. The SMILES string of the molecule is CNCC(C)C(=O)Nc1ccc(CC2CC(=O)NC2=O)cc1.Cl. The van der Waals surface area contributed by atoms with Gasteiger partial charge in [-0.05, 0) is 31.2 Å². The molecule has 0 aromatic heterocycles. The maximum absolute atomic E-state index is 11.9. The van der Waals surface area contributed by atoms with E-state index in [4.69, 9.17) is 0 Å². The molecular formula is C16H22ClN3O3. The van der Waals surface area contributed by atoms with Gasteiger partial charge in [-0.25, -0.2) is 0 Å². The van der Waals surface area contributed by atoms with Gasteiger partial charge in [0.05, 0.1) is 5.92 Å². The van der Waals surface area contributed by atoms with Crippen molar-refractivity contribution in [3.05, 3.63) is 29.8 Å². The lowest BCUT2D eigenvalue weighted by Gasteiger charge is -2.12. The minimum absolute atomic E-state index is 0. The Bertz CT molecular complexity index is 574. The molecular weight excluding hydrogens is 318 g/mol. The van der Waals surface area contributed by atoms with Gasteiger partial charge >= 0.3 is 0 Å². The Morgan fingerprint density at radius 2 is 1.96 bits per heavy atom. The first-order chi connectivity index (χ1) is 10.5. The van der Waals surface area contributed by atoms with Crippen molar-refractivity contribution in [1.29, 1.82) is 0 Å². The Labute approximate surface area is 141 Å². The third-order valence-electron chi connectivity index (χ3n) is 3.73. The summed E-state index contributed by atoms with van der Waals surface area (Å²) in [6.45, 7) is 2.48. The van der Waals surface area contributed by atoms with Crippen LogP contribution in [0.5, 0.6) is 0 Å². The van der Waals surface area contributed by atoms with Gasteiger partial charge in [0.15, 0.2) is 0 Å². The van der Waals surface area contributed by atoms with E-state index in [2.05, 4.69) is 16.0 Å². The van der Waals surface area contributed by atoms with Crippen LogP contribution in [0.4, 0.5) is 5.69 Å². The van der Waals surface area contributed by atoms with Gasteiger partial charge in [-0.3, -0.25) is 19.7 Å². The summed E-state index contributed by atoms with van der Waals surface area (Å²) in [5, 5.41) is 8.12. The summed E-state index contributed by atoms with van der Waals surface area (Å²) in [4.78, 5) is 34.6. The molecule has 0 aliphatic carbocycles. The van der Waals surface area contributed by atoms with Crippen LogP contribution in [0.25, 0.3) is 0 Å². The number of carbonyl (C=O) groups is 3. The minimum atomic E-state index is -0.288. The fraction of sp³-hybridized carbons (Fsp3) is 0.438. The molecule has 1 saturated heterocycles. The molecule has 1 aromatic carbocycles. The predicted octanol–water partition coefficient (Wildman–Crippen LogP) is 1.11. The van der Waals surface area contributed by atoms with E-state index in [1.807, 2.05) is 38.2 Å². The molecule has 3 amide bonds. The van der Waals surface area contributed by atoms with Gasteiger partial charge in [0.25, 0.3) is 0 Å². The summed E-state index contributed by atoms with van der Waals surface area (Å²) in [6, 6.07) is 7.37. The number of hydrogen-bond donors (Lipinski definition) is 3. The lowest BCUT2D eigenvalue weighted by Crippen LogP contribution is -2.28. The topological polar surface area (TPSA) is 87.3 Å². The number of anilines is 1. The molecule has 2 rings (SSSR count). The van der Waals surface area contributed by atoms with Crippen LogP contribution in [-0.2, 0) is 20.8 Å². The molecule has 1 aliphatic rings. The summed E-state index contributed by atoms with van der Waals surface area (Å²) in [5.74, 6) is -0.856. The number of nitrogens with one attached hydrogen (secondary N) is 3. The summed E-state index contributed by atoms with van der Waals surface area (Å²) in [7, 11) is 1.81. The lowest BCUT2D eigenvalue weighted by atomic mass is 9.98. The van der Waals surface area contributed by atoms with Gasteiger partial charge in [-0.15, -0.1) is 12.4 Å². The van der Waals surface area contributed by atoms with Crippen molar-refractivity contribution >= 4 is 35.8 Å². The summed E-state index contributed by atoms with van der Waals surface area (Å²) < 4.78 is 0. The van der Waals surface area contributed by atoms with Crippen molar-refractivity contribution < 1.29 is 14.4 Å². The first kappa shape index (κ1) is 19.1. The van der Waals surface area contributed by atoms with Crippen LogP contribution >= 0.6 is 12.4 Å². The van der Waals surface area contributed by atoms with Crippen molar-refractivity contribution in [2.75, 3.05) is 18.9 Å². The molecule has 0 spiro atoms. The highest BCUT2D eigenvalue weighted by Gasteiger charge is 2.30. The van der Waals surface area contributed by atoms with Gasteiger partial charge in [0.2, 0.25) is 17.7 Å². The average Bonchev–Trinajstić information content (AvgIpc) is 2.79. The van der Waals surface area contributed by atoms with Crippen molar-refractivity contribution in [1.82, 2.24) is 10.6 Å². The second kappa shape index (κ2) is 8.64. The number of imide groups is 1. The van der Waals surface area contributed by atoms with Gasteiger partial charge in [-0.2, -0.15) is 0 Å². The molecule has 0 bridgehead atoms.